The van der Waals surface area contributed by atoms with Gasteiger partial charge >= 0.3 is 0 Å². The molecule has 5 fully saturated rings. The summed E-state index contributed by atoms with van der Waals surface area (Å²) in [6, 6.07) is 3.81. The topological polar surface area (TPSA) is 73.2 Å². The van der Waals surface area contributed by atoms with Gasteiger partial charge in [0.1, 0.15) is 6.10 Å². The first-order valence-electron chi connectivity index (χ1n) is 12.7. The van der Waals surface area contributed by atoms with E-state index in [1.54, 1.807) is 6.07 Å². The van der Waals surface area contributed by atoms with Gasteiger partial charge in [0.25, 0.3) is 0 Å². The second-order valence-electron chi connectivity index (χ2n) is 11.4. The summed E-state index contributed by atoms with van der Waals surface area (Å²) in [7, 11) is 0. The molecule has 3 aliphatic heterocycles. The third-order valence-corrected chi connectivity index (χ3v) is 10.1. The molecule has 7 atom stereocenters. The summed E-state index contributed by atoms with van der Waals surface area (Å²) in [5.41, 5.74) is 0.713. The highest BCUT2D eigenvalue weighted by Gasteiger charge is 2.85. The van der Waals surface area contributed by atoms with E-state index in [1.807, 2.05) is 6.07 Å². The summed E-state index contributed by atoms with van der Waals surface area (Å²) in [6.07, 6.45) is 5.59. The van der Waals surface area contributed by atoms with Crippen LogP contribution in [0.2, 0.25) is 0 Å². The number of piperidine rings is 1. The van der Waals surface area contributed by atoms with Crippen molar-refractivity contribution in [2.24, 2.45) is 17.8 Å². The van der Waals surface area contributed by atoms with Gasteiger partial charge in [-0.2, -0.15) is 0 Å². The van der Waals surface area contributed by atoms with Gasteiger partial charge in [-0.1, -0.05) is 13.0 Å². The monoisotopic (exact) mass is 438 g/mol. The van der Waals surface area contributed by atoms with Gasteiger partial charge in [-0.25, -0.2) is 0 Å². The number of hydrogen-bond donors (Lipinski definition) is 2. The van der Waals surface area contributed by atoms with Crippen LogP contribution in [0.3, 0.4) is 0 Å². The predicted octanol–water partition coefficient (Wildman–Crippen LogP) is 2.58. The minimum absolute atomic E-state index is 0.0380. The SMILES string of the molecule is CCC1CCN([C@H]2CC[C@@]3(O)[C@H]4C(CN4CC4CC4)[C@@]34c3c(C)ccc(O)c3O[C@@H]24)C1=O. The number of aliphatic hydroxyl groups is 1. The molecular weight excluding hydrogens is 404 g/mol. The van der Waals surface area contributed by atoms with E-state index in [0.717, 1.165) is 55.9 Å². The Morgan fingerprint density at radius 2 is 2.03 bits per heavy atom. The van der Waals surface area contributed by atoms with Crippen LogP contribution in [0.5, 0.6) is 11.5 Å². The second-order valence-corrected chi connectivity index (χ2v) is 11.4. The maximum absolute atomic E-state index is 13.2. The van der Waals surface area contributed by atoms with Crippen LogP contribution in [-0.2, 0) is 10.2 Å². The third kappa shape index (κ3) is 2.08. The van der Waals surface area contributed by atoms with Crippen molar-refractivity contribution in [3.8, 4) is 11.5 Å². The van der Waals surface area contributed by atoms with Gasteiger partial charge in [-0.3, -0.25) is 9.69 Å². The van der Waals surface area contributed by atoms with Crippen molar-refractivity contribution in [2.75, 3.05) is 19.6 Å². The van der Waals surface area contributed by atoms with Gasteiger partial charge in [0.05, 0.1) is 17.1 Å². The summed E-state index contributed by atoms with van der Waals surface area (Å²) >= 11 is 0. The van der Waals surface area contributed by atoms with E-state index < -0.39 is 11.0 Å². The summed E-state index contributed by atoms with van der Waals surface area (Å²) in [6.45, 7) is 7.03. The molecular formula is C26H34N2O4. The number of carbonyl (C=O) groups excluding carboxylic acids is 1. The Morgan fingerprint density at radius 3 is 2.75 bits per heavy atom. The second kappa shape index (κ2) is 6.20. The number of aromatic hydroxyl groups is 1. The first kappa shape index (κ1) is 19.7. The summed E-state index contributed by atoms with van der Waals surface area (Å²) < 4.78 is 6.61. The number of hydrogen-bond acceptors (Lipinski definition) is 5. The Bertz CT molecular complexity index is 1010. The number of carbonyl (C=O) groups is 1. The normalized spacial score (nSPS) is 44.2. The van der Waals surface area contributed by atoms with Crippen molar-refractivity contribution >= 4 is 5.91 Å². The maximum Gasteiger partial charge on any atom is 0.226 e. The lowest BCUT2D eigenvalue weighted by atomic mass is 9.35. The van der Waals surface area contributed by atoms with Crippen LogP contribution in [-0.4, -0.2) is 69.3 Å². The van der Waals surface area contributed by atoms with Crippen molar-refractivity contribution in [3.63, 3.8) is 0 Å². The Balaban J connectivity index is 1.32. The van der Waals surface area contributed by atoms with Crippen molar-refractivity contribution in [3.05, 3.63) is 23.3 Å². The molecule has 3 saturated carbocycles. The molecule has 2 saturated heterocycles. The Labute approximate surface area is 189 Å². The number of nitrogens with zero attached hydrogens (tertiary/aromatic N) is 2. The zero-order chi connectivity index (χ0) is 22.0. The number of benzene rings is 1. The van der Waals surface area contributed by atoms with Crippen LogP contribution >= 0.6 is 0 Å². The largest absolute Gasteiger partial charge is 0.504 e. The van der Waals surface area contributed by atoms with Crippen LogP contribution in [0.4, 0.5) is 0 Å². The molecule has 6 nitrogen and oxygen atoms in total. The van der Waals surface area contributed by atoms with E-state index >= 15 is 0 Å². The molecule has 1 amide bonds. The number of ether oxygens (including phenoxy) is 1. The quantitative estimate of drug-likeness (QED) is 0.756. The lowest BCUT2D eigenvalue weighted by Crippen LogP contribution is -2.92. The lowest BCUT2D eigenvalue weighted by Gasteiger charge is -2.78. The van der Waals surface area contributed by atoms with E-state index in [1.165, 1.54) is 12.8 Å². The van der Waals surface area contributed by atoms with E-state index in [-0.39, 0.29) is 35.8 Å². The molecule has 3 aliphatic carbocycles. The average Bonchev–Trinajstić information content (AvgIpc) is 3.38. The Hall–Kier alpha value is -1.79. The molecule has 0 radical (unpaired) electrons. The van der Waals surface area contributed by atoms with Gasteiger partial charge in [-0.05, 0) is 63.0 Å². The van der Waals surface area contributed by atoms with Crippen molar-refractivity contribution < 1.29 is 19.7 Å². The standard InChI is InChI=1S/C26H34N2O4/c1-3-16-9-11-28(24(16)30)18-8-10-25(31)22-17(13-27(22)12-15-5-6-15)26(25)20-14(2)4-7-19(29)21(20)32-23(18)26/h4,7,15-18,22-23,29,31H,3,5-6,8-13H2,1-2H3/t16?,17?,18-,22+,23-,25+,26-/m0/s1. The van der Waals surface area contributed by atoms with Gasteiger partial charge in [0.2, 0.25) is 5.91 Å². The van der Waals surface area contributed by atoms with Crippen molar-refractivity contribution in [1.82, 2.24) is 9.80 Å². The number of fused-ring (bicyclic) bond motifs is 3. The molecule has 6 heteroatoms. The summed E-state index contributed by atoms with van der Waals surface area (Å²) in [5, 5.41) is 23.1. The molecule has 6 aliphatic rings. The lowest BCUT2D eigenvalue weighted by molar-refractivity contribution is -0.321. The number of aryl methyl sites for hydroxylation is 1. The van der Waals surface area contributed by atoms with Crippen LogP contribution in [0, 0.1) is 24.7 Å². The van der Waals surface area contributed by atoms with Crippen molar-refractivity contribution in [1.29, 1.82) is 0 Å². The van der Waals surface area contributed by atoms with Crippen LogP contribution in [0.1, 0.15) is 56.6 Å². The Kier molecular flexibility index (Phi) is 3.81. The minimum atomic E-state index is -0.858. The van der Waals surface area contributed by atoms with Crippen LogP contribution in [0.15, 0.2) is 12.1 Å². The number of phenols is 1. The fraction of sp³-hybridized carbons (Fsp3) is 0.731. The highest BCUT2D eigenvalue weighted by Crippen LogP contribution is 2.73. The number of likely N-dealkylation sites (tertiary alicyclic amines) is 2. The number of rotatable bonds is 4. The molecule has 2 unspecified atom stereocenters. The maximum atomic E-state index is 13.2. The highest BCUT2D eigenvalue weighted by atomic mass is 16.5. The smallest absolute Gasteiger partial charge is 0.226 e. The third-order valence-electron chi connectivity index (χ3n) is 10.1. The first-order valence-corrected chi connectivity index (χ1v) is 12.7. The molecule has 0 bridgehead atoms. The molecule has 2 N–H and O–H groups in total. The van der Waals surface area contributed by atoms with Gasteiger partial charge in [-0.15, -0.1) is 0 Å². The minimum Gasteiger partial charge on any atom is -0.504 e. The summed E-state index contributed by atoms with van der Waals surface area (Å²) in [5.74, 6) is 2.19. The molecule has 3 heterocycles. The Morgan fingerprint density at radius 1 is 1.22 bits per heavy atom. The van der Waals surface area contributed by atoms with E-state index in [9.17, 15) is 15.0 Å². The van der Waals surface area contributed by atoms with Crippen LogP contribution in [0.25, 0.3) is 0 Å². The molecule has 1 aromatic carbocycles. The highest BCUT2D eigenvalue weighted by molar-refractivity contribution is 5.81. The number of amides is 1. The zero-order valence-electron chi connectivity index (χ0n) is 19.1. The van der Waals surface area contributed by atoms with E-state index in [4.69, 9.17) is 4.74 Å². The van der Waals surface area contributed by atoms with Crippen molar-refractivity contribution in [2.45, 2.75) is 81.6 Å². The molecule has 1 spiro atoms. The molecule has 0 aromatic heterocycles. The van der Waals surface area contributed by atoms with Gasteiger partial charge < -0.3 is 19.8 Å². The number of phenolic OH excluding ortho intramolecular Hbond substituents is 1. The molecule has 7 rings (SSSR count). The van der Waals surface area contributed by atoms with E-state index in [2.05, 4.69) is 23.6 Å². The van der Waals surface area contributed by atoms with Crippen LogP contribution < -0.4 is 4.74 Å². The summed E-state index contributed by atoms with van der Waals surface area (Å²) in [4.78, 5) is 17.8. The average molecular weight is 439 g/mol. The fourth-order valence-electron chi connectivity index (χ4n) is 8.47. The molecule has 1 aromatic rings. The van der Waals surface area contributed by atoms with Gasteiger partial charge in [0, 0.05) is 43.1 Å². The predicted molar refractivity (Wildman–Crippen MR) is 119 cm³/mol. The molecule has 32 heavy (non-hydrogen) atoms. The molecule has 172 valence electrons. The fourth-order valence-corrected chi connectivity index (χ4v) is 8.47. The first-order chi connectivity index (χ1) is 15.4. The van der Waals surface area contributed by atoms with E-state index in [0.29, 0.717) is 18.1 Å². The zero-order valence-corrected chi connectivity index (χ0v) is 19.1. The van der Waals surface area contributed by atoms with Gasteiger partial charge in [0.15, 0.2) is 11.5 Å².